The number of carboxylic acids is 1. The molecule has 0 aliphatic heterocycles. The molecule has 70 valence electrons. The van der Waals surface area contributed by atoms with Gasteiger partial charge < -0.3 is 11.2 Å². The quantitative estimate of drug-likeness (QED) is 0.786. The molecule has 0 aliphatic rings. The van der Waals surface area contributed by atoms with Crippen molar-refractivity contribution in [3.05, 3.63) is 23.8 Å². The second-order valence-corrected chi connectivity index (χ2v) is 3.00. The van der Waals surface area contributed by atoms with Crippen molar-refractivity contribution >= 4 is 52.0 Å². The van der Waals surface area contributed by atoms with Crippen LogP contribution in [0.2, 0.25) is 0 Å². The van der Waals surface area contributed by atoms with Crippen LogP contribution < -0.4 is 6.13 Å². The number of hydrogen-bond donors (Lipinski definition) is 1. The van der Waals surface area contributed by atoms with Crippen LogP contribution in [0.15, 0.2) is 18.2 Å². The highest BCUT2D eigenvalue weighted by Gasteiger charge is 2.12. The number of rotatable bonds is 3. The first kappa shape index (κ1) is 10.8. The lowest BCUT2D eigenvalue weighted by Gasteiger charge is -2.03. The zero-order chi connectivity index (χ0) is 9.84. The van der Waals surface area contributed by atoms with E-state index in [-0.39, 0.29) is 5.56 Å². The molecule has 0 saturated carbocycles. The van der Waals surface area contributed by atoms with Crippen LogP contribution >= 0.6 is 46.0 Å². The lowest BCUT2D eigenvalue weighted by Crippen LogP contribution is -1.98. The Labute approximate surface area is 103 Å². The topological polar surface area (TPSA) is 55.8 Å². The number of hydrogen-bond acceptors (Lipinski definition) is 3. The highest BCUT2D eigenvalue weighted by Crippen LogP contribution is 2.26. The molecule has 0 fully saturated rings. The summed E-state index contributed by atoms with van der Waals surface area (Å²) in [4.78, 5) is 10.7. The smallest absolute Gasteiger partial charge is 0.339 e. The van der Waals surface area contributed by atoms with Gasteiger partial charge in [0.15, 0.2) is 46.0 Å². The van der Waals surface area contributed by atoms with Gasteiger partial charge in [0.1, 0.15) is 17.1 Å². The Morgan fingerprint density at radius 2 is 2.00 bits per heavy atom. The normalized spacial score (nSPS) is 9.38. The number of aromatic carboxylic acids is 1. The molecule has 0 heterocycles. The lowest BCUT2D eigenvalue weighted by atomic mass is 10.2. The maximum absolute atomic E-state index is 10.7. The lowest BCUT2D eigenvalue weighted by molar-refractivity contribution is 0.0695. The molecule has 1 aromatic rings. The third kappa shape index (κ3) is 2.59. The number of halogens is 2. The zero-order valence-electron chi connectivity index (χ0n) is 6.16. The van der Waals surface area contributed by atoms with Crippen LogP contribution in [0.1, 0.15) is 10.4 Å². The molecule has 0 atom stereocenters. The van der Waals surface area contributed by atoms with Gasteiger partial charge in [0.25, 0.3) is 0 Å². The SMILES string of the molecule is O=C(O)c1cc(OI)ccc1OI. The summed E-state index contributed by atoms with van der Waals surface area (Å²) in [6.07, 6.45) is 0. The summed E-state index contributed by atoms with van der Waals surface area (Å²) in [5.74, 6) is -0.248. The molecule has 0 spiro atoms. The van der Waals surface area contributed by atoms with Gasteiger partial charge in [0.2, 0.25) is 0 Å². The van der Waals surface area contributed by atoms with Gasteiger partial charge in [-0.2, -0.15) is 0 Å². The van der Waals surface area contributed by atoms with Crippen LogP contribution in [-0.2, 0) is 0 Å². The summed E-state index contributed by atoms with van der Waals surface area (Å²) in [5.41, 5.74) is 0.0866. The predicted molar refractivity (Wildman–Crippen MR) is 62.7 cm³/mol. The van der Waals surface area contributed by atoms with E-state index in [1.165, 1.54) is 6.07 Å². The molecule has 0 aromatic heterocycles. The van der Waals surface area contributed by atoms with Gasteiger partial charge in [0.05, 0.1) is 0 Å². The van der Waals surface area contributed by atoms with E-state index in [4.69, 9.17) is 11.2 Å². The maximum Gasteiger partial charge on any atom is 0.339 e. The van der Waals surface area contributed by atoms with Gasteiger partial charge in [-0.05, 0) is 18.2 Å². The summed E-state index contributed by atoms with van der Waals surface area (Å²) in [6.45, 7) is 0. The van der Waals surface area contributed by atoms with E-state index in [0.717, 1.165) is 0 Å². The number of carbonyl (C=O) groups is 1. The molecule has 1 rings (SSSR count). The molecule has 6 heteroatoms. The summed E-state index contributed by atoms with van der Waals surface area (Å²) in [7, 11) is 0. The maximum atomic E-state index is 10.7. The monoisotopic (exact) mass is 406 g/mol. The zero-order valence-corrected chi connectivity index (χ0v) is 10.5. The molecule has 1 N–H and O–H groups in total. The van der Waals surface area contributed by atoms with Gasteiger partial charge in [-0.1, -0.05) is 0 Å². The van der Waals surface area contributed by atoms with Crippen molar-refractivity contribution in [1.29, 1.82) is 0 Å². The van der Waals surface area contributed by atoms with Crippen LogP contribution in [0, 0.1) is 0 Å². The number of benzene rings is 1. The standard InChI is InChI=1S/C7H4I2O4/c8-12-4-1-2-6(13-9)5(3-4)7(10)11/h1-3H,(H,10,11). The van der Waals surface area contributed by atoms with Crippen molar-refractivity contribution in [2.75, 3.05) is 0 Å². The summed E-state index contributed by atoms with van der Waals surface area (Å²) in [5, 5.41) is 8.78. The van der Waals surface area contributed by atoms with Crippen molar-refractivity contribution in [2.45, 2.75) is 0 Å². The van der Waals surface area contributed by atoms with Crippen LogP contribution in [0.4, 0.5) is 0 Å². The third-order valence-corrected chi connectivity index (χ3v) is 2.34. The minimum atomic E-state index is -1.04. The molecular weight excluding hydrogens is 402 g/mol. The Hall–Kier alpha value is -0.250. The van der Waals surface area contributed by atoms with Gasteiger partial charge >= 0.3 is 5.97 Å². The predicted octanol–water partition coefficient (Wildman–Crippen LogP) is 2.84. The molecule has 0 amide bonds. The van der Waals surface area contributed by atoms with Gasteiger partial charge in [0, 0.05) is 0 Å². The van der Waals surface area contributed by atoms with Crippen molar-refractivity contribution in [2.24, 2.45) is 0 Å². The second-order valence-electron chi connectivity index (χ2n) is 2.12. The minimum absolute atomic E-state index is 0.0866. The fourth-order valence-electron chi connectivity index (χ4n) is 0.791. The van der Waals surface area contributed by atoms with Crippen LogP contribution in [-0.4, -0.2) is 11.1 Å². The van der Waals surface area contributed by atoms with Crippen molar-refractivity contribution in [3.8, 4) is 11.5 Å². The first-order valence-corrected chi connectivity index (χ1v) is 4.89. The largest absolute Gasteiger partial charge is 0.478 e. The average molecular weight is 406 g/mol. The van der Waals surface area contributed by atoms with E-state index < -0.39 is 5.97 Å². The van der Waals surface area contributed by atoms with Gasteiger partial charge in [-0.3, -0.25) is 0 Å². The van der Waals surface area contributed by atoms with Gasteiger partial charge in [-0.15, -0.1) is 0 Å². The van der Waals surface area contributed by atoms with Crippen molar-refractivity contribution in [3.63, 3.8) is 0 Å². The fourth-order valence-corrected chi connectivity index (χ4v) is 1.45. The van der Waals surface area contributed by atoms with E-state index in [9.17, 15) is 4.79 Å². The molecule has 0 saturated heterocycles. The first-order chi connectivity index (χ1) is 6.19. The Balaban J connectivity index is 3.18. The Bertz CT molecular complexity index is 326. The van der Waals surface area contributed by atoms with E-state index in [0.29, 0.717) is 11.5 Å². The summed E-state index contributed by atoms with van der Waals surface area (Å²) < 4.78 is 9.69. The van der Waals surface area contributed by atoms with Crippen molar-refractivity contribution in [1.82, 2.24) is 0 Å². The molecule has 13 heavy (non-hydrogen) atoms. The van der Waals surface area contributed by atoms with Crippen molar-refractivity contribution < 1.29 is 16.0 Å². The Morgan fingerprint density at radius 1 is 1.31 bits per heavy atom. The van der Waals surface area contributed by atoms with Gasteiger partial charge in [-0.25, -0.2) is 4.79 Å². The van der Waals surface area contributed by atoms with E-state index in [1.54, 1.807) is 58.1 Å². The van der Waals surface area contributed by atoms with Crippen LogP contribution in [0.5, 0.6) is 11.5 Å². The van der Waals surface area contributed by atoms with Crippen LogP contribution in [0.25, 0.3) is 0 Å². The highest BCUT2D eigenvalue weighted by molar-refractivity contribution is 14.1. The number of carboxylic acid groups (broad SMARTS) is 1. The first-order valence-electron chi connectivity index (χ1n) is 3.13. The third-order valence-electron chi connectivity index (χ3n) is 1.35. The average Bonchev–Trinajstić information content (AvgIpc) is 2.16. The van der Waals surface area contributed by atoms with E-state index in [1.807, 2.05) is 0 Å². The summed E-state index contributed by atoms with van der Waals surface area (Å²) in [6, 6.07) is 4.58. The molecular formula is C7H4I2O4. The highest BCUT2D eigenvalue weighted by atomic mass is 127. The second kappa shape index (κ2) is 4.84. The summed E-state index contributed by atoms with van der Waals surface area (Å²) >= 11 is 3.31. The minimum Gasteiger partial charge on any atom is -0.478 e. The van der Waals surface area contributed by atoms with Crippen LogP contribution in [0.3, 0.4) is 0 Å². The fraction of sp³-hybridized carbons (Fsp3) is 0. The van der Waals surface area contributed by atoms with E-state index >= 15 is 0 Å². The van der Waals surface area contributed by atoms with E-state index in [2.05, 4.69) is 0 Å². The molecule has 0 radical (unpaired) electrons. The molecule has 4 nitrogen and oxygen atoms in total. The molecule has 0 unspecified atom stereocenters. The molecule has 0 aliphatic carbocycles. The molecule has 1 aromatic carbocycles. The molecule has 0 bridgehead atoms. The Kier molecular flexibility index (Phi) is 4.03. The Morgan fingerprint density at radius 3 is 2.46 bits per heavy atom.